The Labute approximate surface area is 202 Å². The van der Waals surface area contributed by atoms with Crippen molar-refractivity contribution < 1.29 is 4.39 Å². The smallest absolute Gasteiger partial charge is 0.231 e. The van der Waals surface area contributed by atoms with Crippen molar-refractivity contribution in [2.45, 2.75) is 12.5 Å². The van der Waals surface area contributed by atoms with Crippen LogP contribution in [0.3, 0.4) is 0 Å². The molecule has 0 aliphatic carbocycles. The Morgan fingerprint density at radius 3 is 2.09 bits per heavy atom. The molecule has 0 spiro atoms. The van der Waals surface area contributed by atoms with E-state index in [1.165, 1.54) is 18.5 Å². The summed E-state index contributed by atoms with van der Waals surface area (Å²) < 4.78 is 13.3. The van der Waals surface area contributed by atoms with Crippen molar-refractivity contribution in [1.29, 1.82) is 0 Å². The van der Waals surface area contributed by atoms with E-state index in [2.05, 4.69) is 40.0 Å². The number of nitrogens with zero attached hydrogens (tertiary/aromatic N) is 7. The first-order chi connectivity index (χ1) is 17.0. The van der Waals surface area contributed by atoms with Crippen LogP contribution in [-0.2, 0) is 5.54 Å². The van der Waals surface area contributed by atoms with Crippen molar-refractivity contribution in [2.75, 3.05) is 41.3 Å². The zero-order valence-corrected chi connectivity index (χ0v) is 19.3. The number of aromatic nitrogens is 5. The second-order valence-corrected chi connectivity index (χ2v) is 8.56. The number of nitrogens with one attached hydrogen (secondary N) is 1. The summed E-state index contributed by atoms with van der Waals surface area (Å²) in [6.45, 7) is 4.77. The molecule has 2 aromatic carbocycles. The number of rotatable bonds is 6. The summed E-state index contributed by atoms with van der Waals surface area (Å²) in [4.78, 5) is 26.5. The van der Waals surface area contributed by atoms with Gasteiger partial charge in [0.15, 0.2) is 0 Å². The minimum Gasteiger partial charge on any atom is -0.337 e. The van der Waals surface area contributed by atoms with E-state index in [0.29, 0.717) is 17.8 Å². The van der Waals surface area contributed by atoms with Crippen LogP contribution >= 0.6 is 0 Å². The van der Waals surface area contributed by atoms with Crippen LogP contribution in [0.2, 0.25) is 0 Å². The molecule has 9 nitrogen and oxygen atoms in total. The topological polar surface area (TPSA) is 109 Å². The number of hydrogen-bond donors (Lipinski definition) is 2. The summed E-state index contributed by atoms with van der Waals surface area (Å²) in [7, 11) is 0. The standard InChI is InChI=1S/C25H26FN9/c1-25(27,18-7-9-20(26)10-8-18)19-15-28-23(29-16-19)34-11-13-35(14-12-34)24-31-17-30-22(33-24)32-21-5-3-2-4-6-21/h2-10,15-17H,11-14,27H2,1H3,(H,30,31,32,33). The lowest BCUT2D eigenvalue weighted by Gasteiger charge is -2.35. The van der Waals surface area contributed by atoms with Crippen LogP contribution in [0.25, 0.3) is 0 Å². The third-order valence-electron chi connectivity index (χ3n) is 6.12. The van der Waals surface area contributed by atoms with Gasteiger partial charge in [0.1, 0.15) is 12.1 Å². The van der Waals surface area contributed by atoms with Gasteiger partial charge in [0.2, 0.25) is 17.8 Å². The van der Waals surface area contributed by atoms with E-state index in [4.69, 9.17) is 5.73 Å². The molecule has 1 aliphatic rings. The minimum atomic E-state index is -0.824. The number of piperazine rings is 1. The van der Waals surface area contributed by atoms with Gasteiger partial charge in [-0.25, -0.2) is 24.3 Å². The van der Waals surface area contributed by atoms with Crippen molar-refractivity contribution >= 4 is 23.5 Å². The lowest BCUT2D eigenvalue weighted by atomic mass is 9.87. The maximum absolute atomic E-state index is 13.3. The molecule has 0 saturated carbocycles. The Bertz CT molecular complexity index is 1260. The summed E-state index contributed by atoms with van der Waals surface area (Å²) in [5.41, 5.74) is 8.18. The maximum atomic E-state index is 13.3. The van der Waals surface area contributed by atoms with Gasteiger partial charge < -0.3 is 20.9 Å². The number of halogens is 1. The summed E-state index contributed by atoms with van der Waals surface area (Å²) in [5, 5.41) is 3.20. The van der Waals surface area contributed by atoms with Gasteiger partial charge in [-0.1, -0.05) is 30.3 Å². The van der Waals surface area contributed by atoms with Gasteiger partial charge in [-0.3, -0.25) is 0 Å². The average Bonchev–Trinajstić information content (AvgIpc) is 2.90. The highest BCUT2D eigenvalue weighted by Crippen LogP contribution is 2.26. The van der Waals surface area contributed by atoms with E-state index in [1.54, 1.807) is 24.5 Å². The van der Waals surface area contributed by atoms with E-state index < -0.39 is 5.54 Å². The van der Waals surface area contributed by atoms with E-state index in [0.717, 1.165) is 43.0 Å². The van der Waals surface area contributed by atoms with Crippen LogP contribution in [0.4, 0.5) is 27.9 Å². The predicted octanol–water partition coefficient (Wildman–Crippen LogP) is 3.09. The predicted molar refractivity (Wildman–Crippen MR) is 133 cm³/mol. The summed E-state index contributed by atoms with van der Waals surface area (Å²) in [5.74, 6) is 1.49. The normalized spacial score (nSPS) is 15.5. The Hall–Kier alpha value is -4.18. The fourth-order valence-electron chi connectivity index (χ4n) is 3.97. The molecule has 178 valence electrons. The lowest BCUT2D eigenvalue weighted by Crippen LogP contribution is -2.47. The minimum absolute atomic E-state index is 0.295. The molecule has 1 unspecified atom stereocenters. The largest absolute Gasteiger partial charge is 0.337 e. The molecule has 0 amide bonds. The molecule has 1 saturated heterocycles. The zero-order valence-electron chi connectivity index (χ0n) is 19.3. The van der Waals surface area contributed by atoms with E-state index in [1.807, 2.05) is 37.3 Å². The molecule has 0 radical (unpaired) electrons. The van der Waals surface area contributed by atoms with Gasteiger partial charge in [0, 0.05) is 49.8 Å². The highest BCUT2D eigenvalue weighted by molar-refractivity contribution is 5.53. The molecule has 10 heteroatoms. The van der Waals surface area contributed by atoms with Crippen molar-refractivity contribution in [2.24, 2.45) is 5.73 Å². The Balaban J connectivity index is 1.22. The van der Waals surface area contributed by atoms with Gasteiger partial charge in [0.25, 0.3) is 0 Å². The molecule has 1 aliphatic heterocycles. The molecule has 4 aromatic rings. The molecule has 35 heavy (non-hydrogen) atoms. The molecule has 1 fully saturated rings. The van der Waals surface area contributed by atoms with Crippen molar-refractivity contribution in [3.8, 4) is 0 Å². The van der Waals surface area contributed by atoms with Crippen LogP contribution < -0.4 is 20.9 Å². The molecule has 3 N–H and O–H groups in total. The molecule has 5 rings (SSSR count). The SMILES string of the molecule is CC(N)(c1ccc(F)cc1)c1cnc(N2CCN(c3ncnc(Nc4ccccc4)n3)CC2)nc1. The Kier molecular flexibility index (Phi) is 6.19. The highest BCUT2D eigenvalue weighted by atomic mass is 19.1. The molecule has 3 heterocycles. The molecular formula is C25H26FN9. The third-order valence-corrected chi connectivity index (χ3v) is 6.12. The summed E-state index contributed by atoms with van der Waals surface area (Å²) in [6, 6.07) is 16.0. The first-order valence-electron chi connectivity index (χ1n) is 11.4. The second kappa shape index (κ2) is 9.59. The molecule has 0 bridgehead atoms. The van der Waals surface area contributed by atoms with Crippen molar-refractivity contribution in [3.05, 3.63) is 90.3 Å². The van der Waals surface area contributed by atoms with Crippen LogP contribution in [0.5, 0.6) is 0 Å². The third kappa shape index (κ3) is 5.02. The van der Waals surface area contributed by atoms with Gasteiger partial charge in [0.05, 0.1) is 5.54 Å². The highest BCUT2D eigenvalue weighted by Gasteiger charge is 2.26. The number of benzene rings is 2. The molecular weight excluding hydrogens is 445 g/mol. The first-order valence-corrected chi connectivity index (χ1v) is 11.4. The van der Waals surface area contributed by atoms with E-state index in [9.17, 15) is 4.39 Å². The summed E-state index contributed by atoms with van der Waals surface area (Å²) in [6.07, 6.45) is 5.00. The lowest BCUT2D eigenvalue weighted by molar-refractivity contribution is 0.585. The fraction of sp³-hybridized carbons (Fsp3) is 0.240. The molecule has 2 aromatic heterocycles. The number of nitrogens with two attached hydrogens (primary N) is 1. The van der Waals surface area contributed by atoms with Gasteiger partial charge in [-0.15, -0.1) is 0 Å². The van der Waals surface area contributed by atoms with Crippen LogP contribution in [0.15, 0.2) is 73.3 Å². The van der Waals surface area contributed by atoms with Gasteiger partial charge in [-0.2, -0.15) is 4.98 Å². The monoisotopic (exact) mass is 471 g/mol. The summed E-state index contributed by atoms with van der Waals surface area (Å²) >= 11 is 0. The van der Waals surface area contributed by atoms with Gasteiger partial charge in [-0.05, 0) is 36.8 Å². The van der Waals surface area contributed by atoms with E-state index >= 15 is 0 Å². The van der Waals surface area contributed by atoms with Crippen LogP contribution in [-0.4, -0.2) is 51.1 Å². The first kappa shape index (κ1) is 22.6. The molecule has 1 atom stereocenters. The van der Waals surface area contributed by atoms with Crippen molar-refractivity contribution in [1.82, 2.24) is 24.9 Å². The van der Waals surface area contributed by atoms with Crippen molar-refractivity contribution in [3.63, 3.8) is 0 Å². The number of para-hydroxylation sites is 1. The van der Waals surface area contributed by atoms with E-state index in [-0.39, 0.29) is 5.82 Å². The van der Waals surface area contributed by atoms with Crippen LogP contribution in [0.1, 0.15) is 18.1 Å². The Morgan fingerprint density at radius 2 is 1.43 bits per heavy atom. The quantitative estimate of drug-likeness (QED) is 0.438. The number of anilines is 4. The van der Waals surface area contributed by atoms with Crippen LogP contribution in [0, 0.1) is 5.82 Å². The maximum Gasteiger partial charge on any atom is 0.231 e. The average molecular weight is 472 g/mol. The second-order valence-electron chi connectivity index (χ2n) is 8.56. The van der Waals surface area contributed by atoms with Gasteiger partial charge >= 0.3 is 0 Å². The number of hydrogen-bond acceptors (Lipinski definition) is 9. The Morgan fingerprint density at radius 1 is 0.800 bits per heavy atom. The fourth-order valence-corrected chi connectivity index (χ4v) is 3.97. The zero-order chi connectivity index (χ0) is 24.3.